The minimum atomic E-state index is -0.339. The third-order valence-corrected chi connectivity index (χ3v) is 4.61. The van der Waals surface area contributed by atoms with E-state index in [-0.39, 0.29) is 17.0 Å². The molecule has 3 aromatic rings. The van der Waals surface area contributed by atoms with Crippen molar-refractivity contribution in [3.8, 4) is 0 Å². The summed E-state index contributed by atoms with van der Waals surface area (Å²) in [7, 11) is 1.66. The molecule has 0 radical (unpaired) electrons. The molecular weight excluding hydrogens is 322 g/mol. The molecule has 1 amide bonds. The first-order chi connectivity index (χ1) is 11.5. The van der Waals surface area contributed by atoms with Crippen LogP contribution in [0.4, 0.5) is 5.82 Å². The van der Waals surface area contributed by atoms with Crippen LogP contribution in [0.1, 0.15) is 24.2 Å². The summed E-state index contributed by atoms with van der Waals surface area (Å²) in [6.07, 6.45) is 1.72. The molecule has 6 heteroatoms. The van der Waals surface area contributed by atoms with Crippen molar-refractivity contribution >= 4 is 33.3 Å². The Kier molecular flexibility index (Phi) is 4.49. The van der Waals surface area contributed by atoms with Crippen LogP contribution in [-0.4, -0.2) is 21.9 Å². The van der Waals surface area contributed by atoms with Crippen LogP contribution in [0.15, 0.2) is 47.4 Å². The number of anilines is 1. The van der Waals surface area contributed by atoms with Crippen LogP contribution in [0, 0.1) is 5.92 Å². The van der Waals surface area contributed by atoms with E-state index in [9.17, 15) is 9.59 Å². The number of amides is 1. The van der Waals surface area contributed by atoms with E-state index < -0.39 is 0 Å². The predicted octanol–water partition coefficient (Wildman–Crippen LogP) is 3.39. The zero-order valence-electron chi connectivity index (χ0n) is 13.9. The van der Waals surface area contributed by atoms with Gasteiger partial charge in [0.05, 0.1) is 4.70 Å². The van der Waals surface area contributed by atoms with Gasteiger partial charge in [0.15, 0.2) is 5.82 Å². The Bertz CT molecular complexity index is 943. The summed E-state index contributed by atoms with van der Waals surface area (Å²) in [5.41, 5.74) is -0.0969. The van der Waals surface area contributed by atoms with Crippen molar-refractivity contribution in [2.24, 2.45) is 5.92 Å². The number of hydrogen-bond donors (Lipinski definition) is 0. The number of carbonyl (C=O) groups is 1. The van der Waals surface area contributed by atoms with Crippen molar-refractivity contribution in [2.45, 2.75) is 20.4 Å². The molecule has 2 aromatic heterocycles. The monoisotopic (exact) mass is 341 g/mol. The molecule has 0 saturated heterocycles. The standard InChI is InChI=1S/C18H19N3O2S/c1-12(2)11-21-10-6-8-14(18(21)23)17(22)20(3)16-13-7-4-5-9-15(13)24-19-16/h4-10,12H,11H2,1-3H3. The average Bonchev–Trinajstić information content (AvgIpc) is 2.99. The highest BCUT2D eigenvalue weighted by molar-refractivity contribution is 7.13. The van der Waals surface area contributed by atoms with Crippen molar-refractivity contribution in [3.63, 3.8) is 0 Å². The number of pyridine rings is 1. The van der Waals surface area contributed by atoms with Gasteiger partial charge in [0.1, 0.15) is 5.56 Å². The minimum absolute atomic E-state index is 0.165. The highest BCUT2D eigenvalue weighted by Gasteiger charge is 2.21. The Morgan fingerprint density at radius 2 is 2.00 bits per heavy atom. The first kappa shape index (κ1) is 16.4. The molecular formula is C18H19N3O2S. The van der Waals surface area contributed by atoms with Gasteiger partial charge in [-0.3, -0.25) is 14.5 Å². The summed E-state index contributed by atoms with van der Waals surface area (Å²) in [4.78, 5) is 26.9. The minimum Gasteiger partial charge on any atom is -0.315 e. The number of benzene rings is 1. The molecule has 3 rings (SSSR count). The topological polar surface area (TPSA) is 55.2 Å². The first-order valence-electron chi connectivity index (χ1n) is 7.81. The van der Waals surface area contributed by atoms with Crippen LogP contribution in [-0.2, 0) is 6.54 Å². The van der Waals surface area contributed by atoms with Gasteiger partial charge < -0.3 is 4.57 Å². The maximum Gasteiger partial charge on any atom is 0.264 e. The first-order valence-corrected chi connectivity index (χ1v) is 8.58. The number of aromatic nitrogens is 2. The summed E-state index contributed by atoms with van der Waals surface area (Å²) in [6, 6.07) is 11.1. The summed E-state index contributed by atoms with van der Waals surface area (Å²) in [5.74, 6) is 0.571. The molecule has 24 heavy (non-hydrogen) atoms. The van der Waals surface area contributed by atoms with Gasteiger partial charge in [-0.1, -0.05) is 26.0 Å². The van der Waals surface area contributed by atoms with E-state index in [0.717, 1.165) is 10.1 Å². The number of carbonyl (C=O) groups excluding carboxylic acids is 1. The molecule has 124 valence electrons. The van der Waals surface area contributed by atoms with Gasteiger partial charge in [0.25, 0.3) is 11.5 Å². The van der Waals surface area contributed by atoms with Gasteiger partial charge in [-0.2, -0.15) is 4.37 Å². The Hall–Kier alpha value is -2.47. The second-order valence-electron chi connectivity index (χ2n) is 6.14. The number of hydrogen-bond acceptors (Lipinski definition) is 4. The maximum absolute atomic E-state index is 12.8. The molecule has 0 aliphatic heterocycles. The average molecular weight is 341 g/mol. The molecule has 0 N–H and O–H groups in total. The van der Waals surface area contributed by atoms with Crippen LogP contribution in [0.2, 0.25) is 0 Å². The molecule has 0 atom stereocenters. The molecule has 0 bridgehead atoms. The van der Waals surface area contributed by atoms with Crippen LogP contribution in [0.25, 0.3) is 10.1 Å². The third-order valence-electron chi connectivity index (χ3n) is 3.79. The fourth-order valence-corrected chi connectivity index (χ4v) is 3.43. The predicted molar refractivity (Wildman–Crippen MR) is 97.9 cm³/mol. The van der Waals surface area contributed by atoms with Crippen LogP contribution in [0.5, 0.6) is 0 Å². The van der Waals surface area contributed by atoms with Gasteiger partial charge >= 0.3 is 0 Å². The largest absolute Gasteiger partial charge is 0.315 e. The Morgan fingerprint density at radius 3 is 2.75 bits per heavy atom. The smallest absolute Gasteiger partial charge is 0.264 e. The normalized spacial score (nSPS) is 11.2. The lowest BCUT2D eigenvalue weighted by Gasteiger charge is -2.16. The molecule has 1 aromatic carbocycles. The molecule has 0 unspecified atom stereocenters. The van der Waals surface area contributed by atoms with Crippen molar-refractivity contribution in [1.82, 2.24) is 8.94 Å². The van der Waals surface area contributed by atoms with Gasteiger partial charge in [-0.25, -0.2) is 0 Å². The Morgan fingerprint density at radius 1 is 1.25 bits per heavy atom. The van der Waals surface area contributed by atoms with Crippen molar-refractivity contribution in [2.75, 3.05) is 11.9 Å². The van der Waals surface area contributed by atoms with Crippen LogP contribution in [0.3, 0.4) is 0 Å². The molecule has 0 saturated carbocycles. The van der Waals surface area contributed by atoms with Crippen molar-refractivity contribution in [3.05, 3.63) is 58.5 Å². The van der Waals surface area contributed by atoms with Crippen LogP contribution >= 0.6 is 11.5 Å². The molecule has 0 aliphatic rings. The van der Waals surface area contributed by atoms with E-state index in [1.165, 1.54) is 16.4 Å². The second-order valence-corrected chi connectivity index (χ2v) is 6.94. The summed E-state index contributed by atoms with van der Waals surface area (Å²) in [5, 5.41) is 0.914. The molecule has 0 fully saturated rings. The van der Waals surface area contributed by atoms with E-state index in [1.807, 2.05) is 38.1 Å². The molecule has 5 nitrogen and oxygen atoms in total. The van der Waals surface area contributed by atoms with Gasteiger partial charge in [0.2, 0.25) is 0 Å². The summed E-state index contributed by atoms with van der Waals surface area (Å²) in [6.45, 7) is 4.66. The van der Waals surface area contributed by atoms with Gasteiger partial charge in [0, 0.05) is 25.2 Å². The van der Waals surface area contributed by atoms with E-state index in [4.69, 9.17) is 0 Å². The molecule has 0 aliphatic carbocycles. The van der Waals surface area contributed by atoms with E-state index in [2.05, 4.69) is 4.37 Å². The Labute approximate surface area is 144 Å². The third kappa shape index (κ3) is 2.97. The SMILES string of the molecule is CC(C)Cn1cccc(C(=O)N(C)c2nsc3ccccc23)c1=O. The highest BCUT2D eigenvalue weighted by Crippen LogP contribution is 2.29. The lowest BCUT2D eigenvalue weighted by atomic mass is 10.2. The number of nitrogens with zero attached hydrogens (tertiary/aromatic N) is 3. The fourth-order valence-electron chi connectivity index (χ4n) is 2.63. The molecule has 2 heterocycles. The van der Waals surface area contributed by atoms with E-state index in [1.54, 1.807) is 29.9 Å². The van der Waals surface area contributed by atoms with E-state index in [0.29, 0.717) is 18.3 Å². The Balaban J connectivity index is 1.98. The lowest BCUT2D eigenvalue weighted by molar-refractivity contribution is 0.0990. The quantitative estimate of drug-likeness (QED) is 0.731. The maximum atomic E-state index is 12.8. The zero-order valence-corrected chi connectivity index (χ0v) is 14.7. The number of fused-ring (bicyclic) bond motifs is 1. The second kappa shape index (κ2) is 6.57. The van der Waals surface area contributed by atoms with Crippen LogP contribution < -0.4 is 10.5 Å². The lowest BCUT2D eigenvalue weighted by Crippen LogP contribution is -2.35. The summed E-state index contributed by atoms with van der Waals surface area (Å²) < 4.78 is 6.98. The van der Waals surface area contributed by atoms with Crippen molar-refractivity contribution in [1.29, 1.82) is 0 Å². The van der Waals surface area contributed by atoms with Gasteiger partial charge in [-0.15, -0.1) is 0 Å². The molecule has 0 spiro atoms. The van der Waals surface area contributed by atoms with Crippen molar-refractivity contribution < 1.29 is 4.79 Å². The summed E-state index contributed by atoms with van der Waals surface area (Å²) >= 11 is 1.34. The number of rotatable bonds is 4. The fraction of sp³-hybridized carbons (Fsp3) is 0.278. The van der Waals surface area contributed by atoms with E-state index >= 15 is 0 Å². The van der Waals surface area contributed by atoms with Gasteiger partial charge in [-0.05, 0) is 41.7 Å². The highest BCUT2D eigenvalue weighted by atomic mass is 32.1. The zero-order chi connectivity index (χ0) is 17.3.